The molecule has 4 rings (SSSR count). The average Bonchev–Trinajstić information content (AvgIpc) is 3.19. The summed E-state index contributed by atoms with van der Waals surface area (Å²) in [5, 5.41) is 8.06. The van der Waals surface area contributed by atoms with Crippen molar-refractivity contribution in [3.63, 3.8) is 0 Å². The lowest BCUT2D eigenvalue weighted by molar-refractivity contribution is 0.219. The normalized spacial score (nSPS) is 23.3. The maximum absolute atomic E-state index is 6.38. The number of halogens is 1. The Morgan fingerprint density at radius 2 is 2.26 bits per heavy atom. The van der Waals surface area contributed by atoms with Gasteiger partial charge >= 0.3 is 0 Å². The van der Waals surface area contributed by atoms with E-state index in [2.05, 4.69) is 45.5 Å². The number of hydrogen-bond acceptors (Lipinski definition) is 5. The molecule has 1 atom stereocenters. The molecule has 0 aliphatic carbocycles. The van der Waals surface area contributed by atoms with Crippen molar-refractivity contribution in [3.8, 4) is 5.75 Å². The minimum Gasteiger partial charge on any atom is -0.489 e. The van der Waals surface area contributed by atoms with Crippen LogP contribution >= 0.6 is 11.6 Å². The van der Waals surface area contributed by atoms with E-state index in [0.717, 1.165) is 44.0 Å². The van der Waals surface area contributed by atoms with E-state index in [9.17, 15) is 0 Å². The lowest BCUT2D eigenvalue weighted by Crippen LogP contribution is -2.24. The molecule has 1 saturated heterocycles. The fraction of sp³-hybridized carbons (Fsp3) is 0.353. The first-order chi connectivity index (χ1) is 11.2. The number of hydrazone groups is 1. The van der Waals surface area contributed by atoms with Crippen LogP contribution in [0, 0.1) is 0 Å². The van der Waals surface area contributed by atoms with Gasteiger partial charge in [-0.15, -0.1) is 0 Å². The van der Waals surface area contributed by atoms with Crippen LogP contribution in [-0.4, -0.2) is 30.3 Å². The largest absolute Gasteiger partial charge is 0.489 e. The van der Waals surface area contributed by atoms with Gasteiger partial charge in [0.15, 0.2) is 0 Å². The van der Waals surface area contributed by atoms with Crippen molar-refractivity contribution in [2.45, 2.75) is 25.6 Å². The third-order valence-electron chi connectivity index (χ3n) is 4.47. The standard InChI is InChI=1S/C17H19ClN4O/c1-11-17(18)15(8-20-21-11)22-9-12-3-2-4-16(14(12)10-22)23-13-5-6-19-7-13/h2-4,8,13,19,21H,1,5-7,9-10H2. The second kappa shape index (κ2) is 5.91. The van der Waals surface area contributed by atoms with Gasteiger partial charge in [0, 0.05) is 25.2 Å². The zero-order valence-corrected chi connectivity index (χ0v) is 13.6. The van der Waals surface area contributed by atoms with Crippen molar-refractivity contribution < 1.29 is 4.74 Å². The number of benzene rings is 1. The van der Waals surface area contributed by atoms with Gasteiger partial charge in [0.05, 0.1) is 22.6 Å². The Labute approximate surface area is 140 Å². The fourth-order valence-corrected chi connectivity index (χ4v) is 3.44. The molecule has 23 heavy (non-hydrogen) atoms. The van der Waals surface area contributed by atoms with Gasteiger partial charge in [-0.1, -0.05) is 30.3 Å². The van der Waals surface area contributed by atoms with E-state index in [1.807, 2.05) is 0 Å². The summed E-state index contributed by atoms with van der Waals surface area (Å²) < 4.78 is 6.20. The Balaban J connectivity index is 1.58. The monoisotopic (exact) mass is 330 g/mol. The van der Waals surface area contributed by atoms with Crippen molar-refractivity contribution in [2.24, 2.45) is 5.10 Å². The highest BCUT2D eigenvalue weighted by Gasteiger charge is 2.27. The molecule has 6 heteroatoms. The van der Waals surface area contributed by atoms with Crippen molar-refractivity contribution in [1.29, 1.82) is 0 Å². The second-order valence-corrected chi connectivity index (χ2v) is 6.41. The van der Waals surface area contributed by atoms with Gasteiger partial charge in [-0.2, -0.15) is 5.10 Å². The number of fused-ring (bicyclic) bond motifs is 1. The zero-order valence-electron chi connectivity index (χ0n) is 12.8. The van der Waals surface area contributed by atoms with Crippen LogP contribution < -0.4 is 15.5 Å². The molecular formula is C17H19ClN4O. The molecule has 0 aromatic heterocycles. The van der Waals surface area contributed by atoms with Gasteiger partial charge in [0.1, 0.15) is 11.9 Å². The van der Waals surface area contributed by atoms with E-state index < -0.39 is 0 Å². The molecular weight excluding hydrogens is 312 g/mol. The molecule has 2 N–H and O–H groups in total. The molecule has 3 heterocycles. The minimum atomic E-state index is 0.263. The number of ether oxygens (including phenoxy) is 1. The van der Waals surface area contributed by atoms with Crippen LogP contribution in [0.4, 0.5) is 0 Å². The average molecular weight is 331 g/mol. The SMILES string of the molecule is C=C1NN=CC(N2Cc3cccc(OC4CCNC4)c3C2)=C1Cl. The number of rotatable bonds is 3. The predicted octanol–water partition coefficient (Wildman–Crippen LogP) is 2.30. The summed E-state index contributed by atoms with van der Waals surface area (Å²) in [4.78, 5) is 2.21. The van der Waals surface area contributed by atoms with Gasteiger partial charge in [-0.3, -0.25) is 5.43 Å². The molecule has 1 fully saturated rings. The van der Waals surface area contributed by atoms with Crippen molar-refractivity contribution >= 4 is 17.8 Å². The number of hydrogen-bond donors (Lipinski definition) is 2. The van der Waals surface area contributed by atoms with Crippen LogP contribution in [0.25, 0.3) is 0 Å². The molecule has 0 saturated carbocycles. The first-order valence-corrected chi connectivity index (χ1v) is 8.21. The smallest absolute Gasteiger partial charge is 0.125 e. The number of allylic oxidation sites excluding steroid dienone is 2. The third-order valence-corrected chi connectivity index (χ3v) is 4.89. The molecule has 0 bridgehead atoms. The summed E-state index contributed by atoms with van der Waals surface area (Å²) in [6.45, 7) is 7.41. The van der Waals surface area contributed by atoms with Gasteiger partial charge in [0.25, 0.3) is 0 Å². The van der Waals surface area contributed by atoms with Gasteiger partial charge in [0.2, 0.25) is 0 Å². The van der Waals surface area contributed by atoms with Crippen molar-refractivity contribution in [2.75, 3.05) is 13.1 Å². The summed E-state index contributed by atoms with van der Waals surface area (Å²) in [6.07, 6.45) is 3.07. The minimum absolute atomic E-state index is 0.263. The fourth-order valence-electron chi connectivity index (χ4n) is 3.23. The molecule has 3 aliphatic rings. The molecule has 0 spiro atoms. The first kappa shape index (κ1) is 14.6. The molecule has 5 nitrogen and oxygen atoms in total. The molecule has 120 valence electrons. The molecule has 0 amide bonds. The van der Waals surface area contributed by atoms with Gasteiger partial charge < -0.3 is 15.0 Å². The summed E-state index contributed by atoms with van der Waals surface area (Å²) >= 11 is 6.38. The Morgan fingerprint density at radius 3 is 3.09 bits per heavy atom. The van der Waals surface area contributed by atoms with Crippen LogP contribution in [0.3, 0.4) is 0 Å². The molecule has 1 unspecified atom stereocenters. The van der Waals surface area contributed by atoms with E-state index >= 15 is 0 Å². The summed E-state index contributed by atoms with van der Waals surface area (Å²) in [5.74, 6) is 0.986. The highest BCUT2D eigenvalue weighted by Crippen LogP contribution is 2.35. The van der Waals surface area contributed by atoms with Crippen LogP contribution in [0.1, 0.15) is 17.5 Å². The number of nitrogens with one attached hydrogen (secondary N) is 2. The van der Waals surface area contributed by atoms with Gasteiger partial charge in [-0.05, 0) is 24.6 Å². The molecule has 1 aromatic rings. The van der Waals surface area contributed by atoms with Crippen LogP contribution in [0.15, 0.2) is 46.3 Å². The van der Waals surface area contributed by atoms with E-state index in [1.54, 1.807) is 6.21 Å². The van der Waals surface area contributed by atoms with E-state index in [4.69, 9.17) is 16.3 Å². The Kier molecular flexibility index (Phi) is 3.75. The van der Waals surface area contributed by atoms with Crippen LogP contribution in [-0.2, 0) is 13.1 Å². The van der Waals surface area contributed by atoms with Gasteiger partial charge in [-0.25, -0.2) is 0 Å². The third kappa shape index (κ3) is 2.71. The first-order valence-electron chi connectivity index (χ1n) is 7.83. The maximum atomic E-state index is 6.38. The zero-order chi connectivity index (χ0) is 15.8. The van der Waals surface area contributed by atoms with E-state index in [0.29, 0.717) is 10.7 Å². The van der Waals surface area contributed by atoms with Crippen molar-refractivity contribution in [1.82, 2.24) is 15.6 Å². The summed E-state index contributed by atoms with van der Waals surface area (Å²) in [6, 6.07) is 6.27. The predicted molar refractivity (Wildman–Crippen MR) is 91.2 cm³/mol. The highest BCUT2D eigenvalue weighted by molar-refractivity contribution is 6.33. The summed E-state index contributed by atoms with van der Waals surface area (Å²) in [7, 11) is 0. The molecule has 0 radical (unpaired) electrons. The molecule has 1 aromatic carbocycles. The second-order valence-electron chi connectivity index (χ2n) is 6.03. The van der Waals surface area contributed by atoms with Crippen molar-refractivity contribution in [3.05, 3.63) is 52.3 Å². The number of nitrogens with zero attached hydrogens (tertiary/aromatic N) is 2. The molecule has 3 aliphatic heterocycles. The maximum Gasteiger partial charge on any atom is 0.125 e. The summed E-state index contributed by atoms with van der Waals surface area (Å²) in [5.41, 5.74) is 6.85. The van der Waals surface area contributed by atoms with Crippen LogP contribution in [0.5, 0.6) is 5.75 Å². The quantitative estimate of drug-likeness (QED) is 0.893. The highest BCUT2D eigenvalue weighted by atomic mass is 35.5. The van der Waals surface area contributed by atoms with Crippen LogP contribution in [0.2, 0.25) is 0 Å². The lowest BCUT2D eigenvalue weighted by Gasteiger charge is -2.23. The van der Waals surface area contributed by atoms with E-state index in [1.165, 1.54) is 11.1 Å². The Hall–Kier alpha value is -1.98. The topological polar surface area (TPSA) is 48.9 Å². The Morgan fingerprint density at radius 1 is 1.35 bits per heavy atom. The lowest BCUT2D eigenvalue weighted by atomic mass is 10.1. The van der Waals surface area contributed by atoms with E-state index in [-0.39, 0.29) is 6.10 Å². The Bertz CT molecular complexity index is 707.